The van der Waals surface area contributed by atoms with Crippen molar-refractivity contribution in [2.75, 3.05) is 7.05 Å². The second kappa shape index (κ2) is 5.79. The molecule has 1 aliphatic carbocycles. The lowest BCUT2D eigenvalue weighted by Crippen LogP contribution is -2.32. The minimum atomic E-state index is -0.192. The van der Waals surface area contributed by atoms with Crippen molar-refractivity contribution in [3.63, 3.8) is 0 Å². The topological polar surface area (TPSA) is 24.9 Å². The summed E-state index contributed by atoms with van der Waals surface area (Å²) < 4.78 is 13.9. The van der Waals surface area contributed by atoms with Gasteiger partial charge in [-0.3, -0.25) is 4.98 Å². The number of pyridine rings is 1. The normalized spacial score (nSPS) is 30.1. The standard InChI is InChI=1S/C15H23FN2/c1-10-7-11(2)9-12(8-10)14(17-3)15-13(16)5-4-6-18-15/h4-6,10-12,14,17H,7-9H2,1-3H3. The van der Waals surface area contributed by atoms with E-state index in [0.29, 0.717) is 11.6 Å². The van der Waals surface area contributed by atoms with Crippen LogP contribution >= 0.6 is 0 Å². The number of hydrogen-bond donors (Lipinski definition) is 1. The molecule has 0 spiro atoms. The summed E-state index contributed by atoms with van der Waals surface area (Å²) in [5, 5.41) is 3.27. The summed E-state index contributed by atoms with van der Waals surface area (Å²) in [6.45, 7) is 4.59. The van der Waals surface area contributed by atoms with Gasteiger partial charge in [0, 0.05) is 6.20 Å². The number of aromatic nitrogens is 1. The van der Waals surface area contributed by atoms with Gasteiger partial charge in [-0.1, -0.05) is 13.8 Å². The predicted octanol–water partition coefficient (Wildman–Crippen LogP) is 3.55. The first-order chi connectivity index (χ1) is 8.61. The fourth-order valence-electron chi connectivity index (χ4n) is 3.50. The Hall–Kier alpha value is -0.960. The molecule has 0 aromatic carbocycles. The lowest BCUT2D eigenvalue weighted by Gasteiger charge is -2.36. The van der Waals surface area contributed by atoms with Gasteiger partial charge in [0.05, 0.1) is 11.7 Å². The molecule has 0 saturated heterocycles. The predicted molar refractivity (Wildman–Crippen MR) is 71.7 cm³/mol. The second-order valence-corrected chi connectivity index (χ2v) is 5.81. The third-order valence-electron chi connectivity index (χ3n) is 4.08. The van der Waals surface area contributed by atoms with Crippen molar-refractivity contribution in [3.8, 4) is 0 Å². The van der Waals surface area contributed by atoms with Gasteiger partial charge in [-0.05, 0) is 56.2 Å². The smallest absolute Gasteiger partial charge is 0.146 e. The fourth-order valence-corrected chi connectivity index (χ4v) is 3.50. The van der Waals surface area contributed by atoms with Crippen LogP contribution in [0.3, 0.4) is 0 Å². The molecule has 1 aliphatic rings. The highest BCUT2D eigenvalue weighted by Gasteiger charge is 2.31. The van der Waals surface area contributed by atoms with Crippen molar-refractivity contribution in [2.45, 2.75) is 39.2 Å². The number of halogens is 1. The fraction of sp³-hybridized carbons (Fsp3) is 0.667. The lowest BCUT2D eigenvalue weighted by atomic mass is 9.73. The van der Waals surface area contributed by atoms with E-state index in [2.05, 4.69) is 24.1 Å². The molecule has 100 valence electrons. The summed E-state index contributed by atoms with van der Waals surface area (Å²) in [5.41, 5.74) is 0.575. The number of rotatable bonds is 3. The van der Waals surface area contributed by atoms with Crippen molar-refractivity contribution >= 4 is 0 Å². The molecule has 1 saturated carbocycles. The average molecular weight is 250 g/mol. The van der Waals surface area contributed by atoms with E-state index < -0.39 is 0 Å². The Bertz CT molecular complexity index is 384. The summed E-state index contributed by atoms with van der Waals surface area (Å²) in [7, 11) is 1.91. The zero-order valence-corrected chi connectivity index (χ0v) is 11.5. The molecular weight excluding hydrogens is 227 g/mol. The molecule has 1 aromatic rings. The highest BCUT2D eigenvalue weighted by atomic mass is 19.1. The Balaban J connectivity index is 2.20. The highest BCUT2D eigenvalue weighted by Crippen LogP contribution is 2.39. The van der Waals surface area contributed by atoms with Crippen molar-refractivity contribution in [3.05, 3.63) is 29.8 Å². The number of nitrogens with zero attached hydrogens (tertiary/aromatic N) is 1. The molecule has 0 amide bonds. The molecule has 18 heavy (non-hydrogen) atoms. The molecule has 3 atom stereocenters. The Kier molecular flexibility index (Phi) is 4.33. The van der Waals surface area contributed by atoms with E-state index in [1.54, 1.807) is 12.3 Å². The molecule has 1 fully saturated rings. The van der Waals surface area contributed by atoms with Crippen molar-refractivity contribution in [1.82, 2.24) is 10.3 Å². The van der Waals surface area contributed by atoms with Crippen LogP contribution in [0.15, 0.2) is 18.3 Å². The van der Waals surface area contributed by atoms with Crippen LogP contribution in [-0.2, 0) is 0 Å². The van der Waals surface area contributed by atoms with Crippen molar-refractivity contribution in [2.24, 2.45) is 17.8 Å². The zero-order chi connectivity index (χ0) is 13.1. The molecular formula is C15H23FN2. The Morgan fingerprint density at radius 1 is 1.28 bits per heavy atom. The van der Waals surface area contributed by atoms with Crippen LogP contribution in [0.1, 0.15) is 44.8 Å². The molecule has 0 bridgehead atoms. The minimum Gasteiger partial charge on any atom is -0.311 e. The first-order valence-electron chi connectivity index (χ1n) is 6.89. The van der Waals surface area contributed by atoms with Gasteiger partial charge in [0.15, 0.2) is 0 Å². The molecule has 1 N–H and O–H groups in total. The van der Waals surface area contributed by atoms with Gasteiger partial charge in [-0.15, -0.1) is 0 Å². The van der Waals surface area contributed by atoms with E-state index in [1.807, 2.05) is 7.05 Å². The van der Waals surface area contributed by atoms with E-state index in [9.17, 15) is 4.39 Å². The quantitative estimate of drug-likeness (QED) is 0.887. The van der Waals surface area contributed by atoms with Crippen molar-refractivity contribution in [1.29, 1.82) is 0 Å². The first-order valence-corrected chi connectivity index (χ1v) is 6.89. The minimum absolute atomic E-state index is 0.0383. The van der Waals surface area contributed by atoms with Gasteiger partial charge in [0.25, 0.3) is 0 Å². The average Bonchev–Trinajstić information content (AvgIpc) is 2.31. The molecule has 3 heteroatoms. The maximum absolute atomic E-state index is 13.9. The van der Waals surface area contributed by atoms with Gasteiger partial charge in [-0.2, -0.15) is 0 Å². The van der Waals surface area contributed by atoms with Crippen LogP contribution in [0.4, 0.5) is 4.39 Å². The maximum Gasteiger partial charge on any atom is 0.146 e. The van der Waals surface area contributed by atoms with E-state index in [0.717, 1.165) is 24.7 Å². The van der Waals surface area contributed by atoms with E-state index in [4.69, 9.17) is 0 Å². The first kappa shape index (κ1) is 13.5. The number of nitrogens with one attached hydrogen (secondary N) is 1. The van der Waals surface area contributed by atoms with Crippen LogP contribution in [0.25, 0.3) is 0 Å². The van der Waals surface area contributed by atoms with Crippen molar-refractivity contribution < 1.29 is 4.39 Å². The van der Waals surface area contributed by atoms with Crippen LogP contribution in [0, 0.1) is 23.6 Å². The SMILES string of the molecule is CNC(c1ncccc1F)C1CC(C)CC(C)C1. The maximum atomic E-state index is 13.9. The zero-order valence-electron chi connectivity index (χ0n) is 11.5. The largest absolute Gasteiger partial charge is 0.311 e. The monoisotopic (exact) mass is 250 g/mol. The molecule has 1 aromatic heterocycles. The second-order valence-electron chi connectivity index (χ2n) is 5.81. The summed E-state index contributed by atoms with van der Waals surface area (Å²) in [6.07, 6.45) is 5.29. The summed E-state index contributed by atoms with van der Waals surface area (Å²) >= 11 is 0. The lowest BCUT2D eigenvalue weighted by molar-refractivity contribution is 0.176. The van der Waals surface area contributed by atoms with E-state index in [-0.39, 0.29) is 11.9 Å². The van der Waals surface area contributed by atoms with Gasteiger partial charge in [0.2, 0.25) is 0 Å². The molecule has 0 aliphatic heterocycles. The Labute approximate surface area is 109 Å². The third-order valence-corrected chi connectivity index (χ3v) is 4.08. The highest BCUT2D eigenvalue weighted by molar-refractivity contribution is 5.13. The Morgan fingerprint density at radius 2 is 1.94 bits per heavy atom. The van der Waals surface area contributed by atoms with Gasteiger partial charge in [-0.25, -0.2) is 4.39 Å². The van der Waals surface area contributed by atoms with Crippen LogP contribution in [0.5, 0.6) is 0 Å². The molecule has 1 heterocycles. The van der Waals surface area contributed by atoms with Crippen LogP contribution in [-0.4, -0.2) is 12.0 Å². The van der Waals surface area contributed by atoms with Crippen LogP contribution < -0.4 is 5.32 Å². The summed E-state index contributed by atoms with van der Waals surface area (Å²) in [4.78, 5) is 4.24. The van der Waals surface area contributed by atoms with E-state index >= 15 is 0 Å². The third kappa shape index (κ3) is 2.89. The van der Waals surface area contributed by atoms with E-state index in [1.165, 1.54) is 12.5 Å². The Morgan fingerprint density at radius 3 is 2.50 bits per heavy atom. The molecule has 2 nitrogen and oxygen atoms in total. The van der Waals surface area contributed by atoms with Crippen LogP contribution in [0.2, 0.25) is 0 Å². The summed E-state index contributed by atoms with van der Waals surface area (Å²) in [6, 6.07) is 3.19. The molecule has 3 unspecified atom stereocenters. The summed E-state index contributed by atoms with van der Waals surface area (Å²) in [5.74, 6) is 1.74. The van der Waals surface area contributed by atoms with Gasteiger partial charge in [0.1, 0.15) is 5.82 Å². The molecule has 0 radical (unpaired) electrons. The number of hydrogen-bond acceptors (Lipinski definition) is 2. The molecule has 2 rings (SSSR count). The van der Waals surface area contributed by atoms with Gasteiger partial charge < -0.3 is 5.32 Å². The van der Waals surface area contributed by atoms with Gasteiger partial charge >= 0.3 is 0 Å².